The van der Waals surface area contributed by atoms with E-state index in [9.17, 15) is 19.6 Å². The number of hydrogen-bond acceptors (Lipinski definition) is 12. The van der Waals surface area contributed by atoms with Crippen LogP contribution >= 0.6 is 28.0 Å². The standard InChI is InChI=1S/C42H53BrN4O9S/c1-7-21-45-28-30(43)26-33-40(45)44-34(41(33,3)19-23-52-5)14-10-8-11-15-35-42(4,20-24-53-6)32-27-31(57-56-55-51)25-29(2)39(32)46(35)22-13-9-12-16-38(50)54-47-36(48)17-18-37(47)49/h8,10-11,14-15,25-28H,7,9,12-13,16-24H2,1-6H3. The highest BCUT2D eigenvalue weighted by Crippen LogP contribution is 2.52. The van der Waals surface area contributed by atoms with Gasteiger partial charge in [0.05, 0.1) is 34.0 Å². The minimum absolute atomic E-state index is 0.0585. The molecule has 1 aromatic carbocycles. The number of ether oxygens (including phenoxy) is 2. The number of aromatic nitrogens is 1. The molecule has 1 saturated heterocycles. The van der Waals surface area contributed by atoms with Crippen molar-refractivity contribution in [2.24, 2.45) is 4.99 Å². The average Bonchev–Trinajstić information content (AvgIpc) is 3.74. The van der Waals surface area contributed by atoms with Gasteiger partial charge in [-0.05, 0) is 115 Å². The Morgan fingerprint density at radius 1 is 1.00 bits per heavy atom. The molecule has 5 rings (SSSR count). The number of carbonyl (C=O) groups is 3. The number of fused-ring (bicyclic) bond motifs is 2. The van der Waals surface area contributed by atoms with Crippen molar-refractivity contribution >= 4 is 63.0 Å². The molecule has 308 valence electrons. The van der Waals surface area contributed by atoms with Crippen LogP contribution < -0.4 is 14.7 Å². The molecule has 0 N–H and O–H groups in total. The van der Waals surface area contributed by atoms with Gasteiger partial charge in [-0.15, -0.1) is 5.06 Å². The maximum absolute atomic E-state index is 12.4. The van der Waals surface area contributed by atoms with Gasteiger partial charge < -0.3 is 24.5 Å². The second kappa shape index (κ2) is 20.3. The first kappa shape index (κ1) is 44.4. The molecule has 0 spiro atoms. The Hall–Kier alpha value is -3.70. The maximum Gasteiger partial charge on any atom is 0.333 e. The number of allylic oxidation sites excluding steroid dienone is 6. The Morgan fingerprint density at radius 3 is 2.40 bits per heavy atom. The Morgan fingerprint density at radius 2 is 1.72 bits per heavy atom. The summed E-state index contributed by atoms with van der Waals surface area (Å²) >= 11 is 4.59. The lowest BCUT2D eigenvalue weighted by molar-refractivity contribution is -0.777. The summed E-state index contributed by atoms with van der Waals surface area (Å²) in [6.45, 7) is 11.3. The number of hydrogen-bond donors (Lipinski definition) is 0. The number of benzene rings is 1. The number of rotatable bonds is 21. The predicted octanol–water partition coefficient (Wildman–Crippen LogP) is 7.04. The molecule has 3 aliphatic heterocycles. The number of halogens is 1. The van der Waals surface area contributed by atoms with Gasteiger partial charge >= 0.3 is 11.8 Å². The van der Waals surface area contributed by atoms with E-state index in [2.05, 4.69) is 81.7 Å². The van der Waals surface area contributed by atoms with E-state index in [-0.39, 0.29) is 24.7 Å². The number of aliphatic imine (C=N–C) groups is 1. The second-order valence-corrected chi connectivity index (χ2v) is 16.6. The Kier molecular flexibility index (Phi) is 15.8. The van der Waals surface area contributed by atoms with E-state index in [1.165, 1.54) is 5.56 Å². The molecule has 57 heavy (non-hydrogen) atoms. The first-order valence-corrected chi connectivity index (χ1v) is 20.9. The van der Waals surface area contributed by atoms with Crippen LogP contribution in [0.5, 0.6) is 0 Å². The van der Waals surface area contributed by atoms with Crippen molar-refractivity contribution in [3.8, 4) is 0 Å². The zero-order valence-corrected chi connectivity index (χ0v) is 36.0. The Balaban J connectivity index is 1.40. The first-order valence-electron chi connectivity index (χ1n) is 19.4. The van der Waals surface area contributed by atoms with Crippen LogP contribution in [0.2, 0.25) is 0 Å². The van der Waals surface area contributed by atoms with Gasteiger partial charge in [0.15, 0.2) is 5.71 Å². The normalized spacial score (nSPS) is 21.1. The molecule has 13 nitrogen and oxygen atoms in total. The monoisotopic (exact) mass is 868 g/mol. The molecular weight excluding hydrogens is 816 g/mol. The highest BCUT2D eigenvalue weighted by molar-refractivity contribution is 9.10. The quantitative estimate of drug-likeness (QED) is 0.0243. The van der Waals surface area contributed by atoms with Gasteiger partial charge in [-0.3, -0.25) is 14.6 Å². The number of anilines is 1. The molecule has 4 heterocycles. The van der Waals surface area contributed by atoms with Crippen LogP contribution in [0.3, 0.4) is 0 Å². The number of imide groups is 1. The van der Waals surface area contributed by atoms with Crippen molar-refractivity contribution < 1.29 is 47.9 Å². The summed E-state index contributed by atoms with van der Waals surface area (Å²) in [5, 5.41) is 15.0. The third-order valence-electron chi connectivity index (χ3n) is 10.9. The highest BCUT2D eigenvalue weighted by atomic mass is 79.9. The number of methoxy groups -OCH3 is 2. The van der Waals surface area contributed by atoms with Gasteiger partial charge in [-0.2, -0.15) is 4.33 Å². The summed E-state index contributed by atoms with van der Waals surface area (Å²) in [4.78, 5) is 49.5. The van der Waals surface area contributed by atoms with Crippen molar-refractivity contribution in [1.82, 2.24) is 5.06 Å². The number of amides is 2. The number of hydroxylamine groups is 2. The molecule has 3 aliphatic rings. The van der Waals surface area contributed by atoms with E-state index in [0.29, 0.717) is 44.1 Å². The summed E-state index contributed by atoms with van der Waals surface area (Å²) in [5.74, 6) is -0.595. The molecule has 2 amide bonds. The largest absolute Gasteiger partial charge is 0.691 e. The lowest BCUT2D eigenvalue weighted by Gasteiger charge is -2.30. The van der Waals surface area contributed by atoms with Crippen molar-refractivity contribution in [3.05, 3.63) is 81.6 Å². The van der Waals surface area contributed by atoms with Gasteiger partial charge in [0.1, 0.15) is 6.20 Å². The topological polar surface area (TPSA) is 143 Å². The fourth-order valence-electron chi connectivity index (χ4n) is 7.85. The van der Waals surface area contributed by atoms with Gasteiger partial charge in [0.2, 0.25) is 0 Å². The third-order valence-corrected chi connectivity index (χ3v) is 11.9. The molecule has 0 aliphatic carbocycles. The van der Waals surface area contributed by atoms with E-state index in [4.69, 9.17) is 23.6 Å². The number of nitrogens with zero attached hydrogens (tertiary/aromatic N) is 4. The summed E-state index contributed by atoms with van der Waals surface area (Å²) in [6.07, 6.45) is 17.1. The Labute approximate surface area is 347 Å². The predicted molar refractivity (Wildman–Crippen MR) is 218 cm³/mol. The van der Waals surface area contributed by atoms with Gasteiger partial charge in [-0.1, -0.05) is 31.6 Å². The summed E-state index contributed by atoms with van der Waals surface area (Å²) in [7, 11) is 3.41. The molecule has 2 atom stereocenters. The van der Waals surface area contributed by atoms with E-state index in [1.54, 1.807) is 14.2 Å². The molecule has 2 aromatic rings. The second-order valence-electron chi connectivity index (χ2n) is 14.9. The summed E-state index contributed by atoms with van der Waals surface area (Å²) in [6, 6.07) is 6.18. The SMILES string of the molecule is CCC[n+]1cc(Br)cc2c1N=C(/C=C/C=C/C=C1/N(CCCCCC(=O)ON3C(=O)CCC3=O)c3c(C)cc(SOO[O-])cc3C1(C)CCOC)C2(C)CCOC. The van der Waals surface area contributed by atoms with E-state index < -0.39 is 23.2 Å². The van der Waals surface area contributed by atoms with Crippen LogP contribution in [0.1, 0.15) is 95.2 Å². The smallest absolute Gasteiger partial charge is 0.333 e. The maximum atomic E-state index is 12.4. The average molecular weight is 870 g/mol. The van der Waals surface area contributed by atoms with Crippen LogP contribution in [0.4, 0.5) is 11.5 Å². The summed E-state index contributed by atoms with van der Waals surface area (Å²) in [5.41, 5.74) is 5.59. The van der Waals surface area contributed by atoms with E-state index >= 15 is 0 Å². The van der Waals surface area contributed by atoms with Crippen molar-refractivity contribution in [3.63, 3.8) is 0 Å². The summed E-state index contributed by atoms with van der Waals surface area (Å²) < 4.78 is 19.1. The lowest BCUT2D eigenvalue weighted by Crippen LogP contribution is -2.36. The van der Waals surface area contributed by atoms with Crippen LogP contribution in [0.15, 0.2) is 74.8 Å². The van der Waals surface area contributed by atoms with Crippen LogP contribution in [0.25, 0.3) is 0 Å². The minimum Gasteiger partial charge on any atom is -0.691 e. The molecule has 15 heteroatoms. The van der Waals surface area contributed by atoms with Gasteiger partial charge in [0.25, 0.3) is 11.8 Å². The molecule has 1 fully saturated rings. The molecular formula is C42H53BrN4O9S. The van der Waals surface area contributed by atoms with Gasteiger partial charge in [-0.25, -0.2) is 9.36 Å². The van der Waals surface area contributed by atoms with Crippen molar-refractivity contribution in [1.29, 1.82) is 0 Å². The fourth-order valence-corrected chi connectivity index (χ4v) is 8.82. The molecule has 0 bridgehead atoms. The van der Waals surface area contributed by atoms with E-state index in [1.807, 2.05) is 31.2 Å². The van der Waals surface area contributed by atoms with Crippen molar-refractivity contribution in [2.45, 2.75) is 108 Å². The first-order chi connectivity index (χ1) is 27.4. The Bertz CT molecular complexity index is 1920. The fraction of sp³-hybridized carbons (Fsp3) is 0.500. The van der Waals surface area contributed by atoms with Crippen molar-refractivity contribution in [2.75, 3.05) is 38.9 Å². The molecule has 2 unspecified atom stereocenters. The number of aryl methyl sites for hydroxylation is 2. The highest BCUT2D eigenvalue weighted by Gasteiger charge is 2.46. The third kappa shape index (κ3) is 10.1. The zero-order chi connectivity index (χ0) is 41.2. The number of unbranched alkanes of at least 4 members (excludes halogenated alkanes) is 2. The van der Waals surface area contributed by atoms with Crippen LogP contribution in [0, 0.1) is 6.92 Å². The van der Waals surface area contributed by atoms with Gasteiger partial charge in [0, 0.05) is 74.9 Å². The molecule has 0 radical (unpaired) electrons. The molecule has 1 aromatic heterocycles. The van der Waals surface area contributed by atoms with Crippen LogP contribution in [-0.4, -0.2) is 62.5 Å². The zero-order valence-electron chi connectivity index (χ0n) is 33.6. The number of pyridine rings is 1. The lowest BCUT2D eigenvalue weighted by atomic mass is 9.77. The minimum atomic E-state index is -0.597. The van der Waals surface area contributed by atoms with E-state index in [0.717, 1.165) is 81.3 Å². The van der Waals surface area contributed by atoms with Crippen LogP contribution in [-0.2, 0) is 55.4 Å². The number of carbonyl (C=O) groups excluding carboxylic acids is 3. The molecule has 0 saturated carbocycles.